The molecule has 0 saturated heterocycles. The topological polar surface area (TPSA) is 58.2 Å². The van der Waals surface area contributed by atoms with Gasteiger partial charge in [0.15, 0.2) is 0 Å². The molecule has 0 aromatic heterocycles. The van der Waals surface area contributed by atoms with Crippen molar-refractivity contribution in [2.75, 3.05) is 5.32 Å². The summed E-state index contributed by atoms with van der Waals surface area (Å²) >= 11 is 11.7. The van der Waals surface area contributed by atoms with E-state index in [1.54, 1.807) is 60.7 Å². The predicted octanol–water partition coefficient (Wildman–Crippen LogP) is 5.18. The molecule has 0 heterocycles. The van der Waals surface area contributed by atoms with E-state index in [-0.39, 0.29) is 11.8 Å². The third-order valence-electron chi connectivity index (χ3n) is 3.86. The molecule has 2 N–H and O–H groups in total. The van der Waals surface area contributed by atoms with Gasteiger partial charge in [-0.05, 0) is 60.2 Å². The van der Waals surface area contributed by atoms with Crippen molar-refractivity contribution >= 4 is 40.7 Å². The standard InChI is InChI=1S/C21H16Cl2N2O2/c22-17-6-4-14(5-7-17)13-24-20(26)15-2-1-3-16(12-15)21(27)25-19-10-8-18(23)9-11-19/h1-12H,13H2,(H,24,26)(H,25,27). The molecule has 2 amide bonds. The zero-order chi connectivity index (χ0) is 19.2. The lowest BCUT2D eigenvalue weighted by molar-refractivity contribution is 0.0951. The lowest BCUT2D eigenvalue weighted by Crippen LogP contribution is -2.23. The number of amides is 2. The van der Waals surface area contributed by atoms with Gasteiger partial charge < -0.3 is 10.6 Å². The van der Waals surface area contributed by atoms with Crippen LogP contribution in [0.4, 0.5) is 5.69 Å². The highest BCUT2D eigenvalue weighted by atomic mass is 35.5. The van der Waals surface area contributed by atoms with E-state index in [2.05, 4.69) is 10.6 Å². The highest BCUT2D eigenvalue weighted by Gasteiger charge is 2.11. The maximum atomic E-state index is 12.4. The number of benzene rings is 3. The molecule has 27 heavy (non-hydrogen) atoms. The predicted molar refractivity (Wildman–Crippen MR) is 108 cm³/mol. The molecular formula is C21H16Cl2N2O2. The van der Waals surface area contributed by atoms with Gasteiger partial charge in [0.25, 0.3) is 11.8 Å². The van der Waals surface area contributed by atoms with Crippen LogP contribution in [0.1, 0.15) is 26.3 Å². The van der Waals surface area contributed by atoms with Crippen LogP contribution in [0.2, 0.25) is 10.0 Å². The van der Waals surface area contributed by atoms with Gasteiger partial charge in [0.2, 0.25) is 0 Å². The number of halogens is 2. The smallest absolute Gasteiger partial charge is 0.255 e. The van der Waals surface area contributed by atoms with Gasteiger partial charge in [-0.2, -0.15) is 0 Å². The number of carbonyl (C=O) groups is 2. The van der Waals surface area contributed by atoms with E-state index < -0.39 is 0 Å². The summed E-state index contributed by atoms with van der Waals surface area (Å²) in [6, 6.07) is 20.6. The van der Waals surface area contributed by atoms with Crippen LogP contribution >= 0.6 is 23.2 Å². The van der Waals surface area contributed by atoms with Crippen LogP contribution in [-0.2, 0) is 6.54 Å². The Hall–Kier alpha value is -2.82. The number of rotatable bonds is 5. The fraction of sp³-hybridized carbons (Fsp3) is 0.0476. The molecule has 3 rings (SSSR count). The minimum atomic E-state index is -0.301. The second-order valence-electron chi connectivity index (χ2n) is 5.85. The summed E-state index contributed by atoms with van der Waals surface area (Å²) in [5.41, 5.74) is 2.36. The van der Waals surface area contributed by atoms with Crippen LogP contribution in [0.15, 0.2) is 72.8 Å². The van der Waals surface area contributed by atoms with Crippen molar-refractivity contribution in [1.82, 2.24) is 5.32 Å². The van der Waals surface area contributed by atoms with Crippen molar-refractivity contribution in [3.8, 4) is 0 Å². The van der Waals surface area contributed by atoms with Gasteiger partial charge in [-0.3, -0.25) is 9.59 Å². The van der Waals surface area contributed by atoms with Crippen molar-refractivity contribution in [3.05, 3.63) is 99.5 Å². The van der Waals surface area contributed by atoms with Gasteiger partial charge in [-0.15, -0.1) is 0 Å². The lowest BCUT2D eigenvalue weighted by Gasteiger charge is -2.08. The summed E-state index contributed by atoms with van der Waals surface area (Å²) in [7, 11) is 0. The van der Waals surface area contributed by atoms with E-state index >= 15 is 0 Å². The second kappa shape index (κ2) is 8.71. The van der Waals surface area contributed by atoms with Crippen LogP contribution in [-0.4, -0.2) is 11.8 Å². The third-order valence-corrected chi connectivity index (χ3v) is 4.36. The van der Waals surface area contributed by atoms with E-state index in [0.29, 0.717) is 33.4 Å². The Morgan fingerprint density at radius 1 is 0.741 bits per heavy atom. The lowest BCUT2D eigenvalue weighted by atomic mass is 10.1. The second-order valence-corrected chi connectivity index (χ2v) is 6.72. The van der Waals surface area contributed by atoms with Crippen molar-refractivity contribution in [3.63, 3.8) is 0 Å². The third kappa shape index (κ3) is 5.33. The number of anilines is 1. The van der Waals surface area contributed by atoms with E-state index in [1.165, 1.54) is 0 Å². The fourth-order valence-corrected chi connectivity index (χ4v) is 2.68. The number of hydrogen-bond donors (Lipinski definition) is 2. The highest BCUT2D eigenvalue weighted by molar-refractivity contribution is 6.30. The summed E-state index contributed by atoms with van der Waals surface area (Å²) in [6.45, 7) is 0.372. The number of hydrogen-bond acceptors (Lipinski definition) is 2. The number of nitrogens with one attached hydrogen (secondary N) is 2. The molecule has 0 atom stereocenters. The van der Waals surface area contributed by atoms with Crippen LogP contribution < -0.4 is 10.6 Å². The molecule has 0 unspecified atom stereocenters. The maximum absolute atomic E-state index is 12.4. The van der Waals surface area contributed by atoms with E-state index in [4.69, 9.17) is 23.2 Å². The monoisotopic (exact) mass is 398 g/mol. The summed E-state index contributed by atoms with van der Waals surface area (Å²) in [5.74, 6) is -0.559. The first-order valence-corrected chi connectivity index (χ1v) is 8.96. The van der Waals surface area contributed by atoms with Gasteiger partial charge >= 0.3 is 0 Å². The molecule has 3 aromatic carbocycles. The molecule has 0 aliphatic heterocycles. The SMILES string of the molecule is O=C(NCc1ccc(Cl)cc1)c1cccc(C(=O)Nc2ccc(Cl)cc2)c1. The van der Waals surface area contributed by atoms with E-state index in [0.717, 1.165) is 5.56 Å². The molecule has 0 bridgehead atoms. The summed E-state index contributed by atoms with van der Waals surface area (Å²) < 4.78 is 0. The minimum Gasteiger partial charge on any atom is -0.348 e. The van der Waals surface area contributed by atoms with Gasteiger partial charge in [0, 0.05) is 33.4 Å². The first kappa shape index (κ1) is 19.0. The van der Waals surface area contributed by atoms with E-state index in [1.807, 2.05) is 12.1 Å². The molecule has 0 aliphatic rings. The molecule has 4 nitrogen and oxygen atoms in total. The number of carbonyl (C=O) groups excluding carboxylic acids is 2. The average Bonchev–Trinajstić information content (AvgIpc) is 2.69. The Labute approximate surface area is 167 Å². The first-order valence-electron chi connectivity index (χ1n) is 8.21. The van der Waals surface area contributed by atoms with Crippen LogP contribution in [0.5, 0.6) is 0 Å². The van der Waals surface area contributed by atoms with Crippen molar-refractivity contribution in [1.29, 1.82) is 0 Å². The molecule has 0 radical (unpaired) electrons. The molecular weight excluding hydrogens is 383 g/mol. The Morgan fingerprint density at radius 2 is 1.30 bits per heavy atom. The largest absolute Gasteiger partial charge is 0.348 e. The molecule has 0 fully saturated rings. The van der Waals surface area contributed by atoms with Crippen molar-refractivity contribution in [2.45, 2.75) is 6.54 Å². The molecule has 0 spiro atoms. The zero-order valence-corrected chi connectivity index (χ0v) is 15.7. The van der Waals surface area contributed by atoms with Crippen LogP contribution in [0.3, 0.4) is 0 Å². The van der Waals surface area contributed by atoms with E-state index in [9.17, 15) is 9.59 Å². The Balaban J connectivity index is 1.65. The average molecular weight is 399 g/mol. The van der Waals surface area contributed by atoms with Gasteiger partial charge in [-0.1, -0.05) is 41.4 Å². The van der Waals surface area contributed by atoms with Gasteiger partial charge in [0.1, 0.15) is 0 Å². The Kier molecular flexibility index (Phi) is 6.12. The van der Waals surface area contributed by atoms with Crippen LogP contribution in [0.25, 0.3) is 0 Å². The molecule has 0 saturated carbocycles. The van der Waals surface area contributed by atoms with Crippen molar-refractivity contribution in [2.24, 2.45) is 0 Å². The minimum absolute atomic E-state index is 0.258. The molecule has 136 valence electrons. The van der Waals surface area contributed by atoms with Crippen molar-refractivity contribution < 1.29 is 9.59 Å². The summed E-state index contributed by atoms with van der Waals surface area (Å²) in [5, 5.41) is 6.83. The molecule has 6 heteroatoms. The van der Waals surface area contributed by atoms with Gasteiger partial charge in [-0.25, -0.2) is 0 Å². The molecule has 3 aromatic rings. The highest BCUT2D eigenvalue weighted by Crippen LogP contribution is 2.15. The zero-order valence-electron chi connectivity index (χ0n) is 14.2. The molecule has 0 aliphatic carbocycles. The Bertz CT molecular complexity index is 955. The summed E-state index contributed by atoms with van der Waals surface area (Å²) in [4.78, 5) is 24.8. The normalized spacial score (nSPS) is 10.3. The first-order chi connectivity index (χ1) is 13.0. The van der Waals surface area contributed by atoms with Gasteiger partial charge in [0.05, 0.1) is 0 Å². The maximum Gasteiger partial charge on any atom is 0.255 e. The summed E-state index contributed by atoms with van der Waals surface area (Å²) in [6.07, 6.45) is 0. The Morgan fingerprint density at radius 3 is 1.93 bits per heavy atom. The van der Waals surface area contributed by atoms with Crippen LogP contribution in [0, 0.1) is 0 Å². The fourth-order valence-electron chi connectivity index (χ4n) is 2.42. The quantitative estimate of drug-likeness (QED) is 0.622.